The summed E-state index contributed by atoms with van der Waals surface area (Å²) in [5, 5.41) is 2.84. The third-order valence-corrected chi connectivity index (χ3v) is 6.43. The van der Waals surface area contributed by atoms with Crippen molar-refractivity contribution in [2.75, 3.05) is 33.2 Å². The number of benzene rings is 2. The zero-order chi connectivity index (χ0) is 18.6. The molecule has 2 aromatic rings. The van der Waals surface area contributed by atoms with Gasteiger partial charge in [0.1, 0.15) is 0 Å². The van der Waals surface area contributed by atoms with Crippen molar-refractivity contribution in [3.05, 3.63) is 65.7 Å². The van der Waals surface area contributed by atoms with Gasteiger partial charge in [-0.2, -0.15) is 4.31 Å². The van der Waals surface area contributed by atoms with E-state index in [2.05, 4.69) is 10.2 Å². The summed E-state index contributed by atoms with van der Waals surface area (Å²) in [5.41, 5.74) is 1.45. The monoisotopic (exact) mass is 373 g/mol. The Morgan fingerprint density at radius 2 is 1.58 bits per heavy atom. The number of amides is 1. The van der Waals surface area contributed by atoms with E-state index in [4.69, 9.17) is 0 Å². The first-order valence-electron chi connectivity index (χ1n) is 8.58. The summed E-state index contributed by atoms with van der Waals surface area (Å²) in [6.07, 6.45) is 0. The van der Waals surface area contributed by atoms with Gasteiger partial charge in [0.15, 0.2) is 0 Å². The van der Waals surface area contributed by atoms with Crippen molar-refractivity contribution >= 4 is 15.9 Å². The Balaban J connectivity index is 1.62. The summed E-state index contributed by atoms with van der Waals surface area (Å²) in [4.78, 5) is 14.5. The van der Waals surface area contributed by atoms with E-state index in [0.717, 1.165) is 18.7 Å². The van der Waals surface area contributed by atoms with E-state index in [9.17, 15) is 13.2 Å². The molecule has 0 bridgehead atoms. The number of hydrogen-bond donors (Lipinski definition) is 1. The summed E-state index contributed by atoms with van der Waals surface area (Å²) < 4.78 is 26.9. The molecule has 1 saturated heterocycles. The molecule has 3 rings (SSSR count). The molecule has 0 saturated carbocycles. The lowest BCUT2D eigenvalue weighted by molar-refractivity contribution is 0.0951. The number of piperazine rings is 1. The number of sulfonamides is 1. The number of likely N-dealkylation sites (N-methyl/N-ethyl adjacent to an activating group) is 1. The Labute approximate surface area is 154 Å². The van der Waals surface area contributed by atoms with Crippen LogP contribution in [0.3, 0.4) is 0 Å². The maximum absolute atomic E-state index is 12.7. The zero-order valence-corrected chi connectivity index (χ0v) is 15.6. The normalized spacial score (nSPS) is 16.3. The average Bonchev–Trinajstić information content (AvgIpc) is 2.67. The first kappa shape index (κ1) is 18.6. The van der Waals surface area contributed by atoms with Crippen LogP contribution in [-0.4, -0.2) is 56.8 Å². The fourth-order valence-corrected chi connectivity index (χ4v) is 4.25. The number of rotatable bonds is 5. The Morgan fingerprint density at radius 3 is 2.19 bits per heavy atom. The molecule has 0 aromatic heterocycles. The van der Waals surface area contributed by atoms with E-state index in [1.807, 2.05) is 25.2 Å². The fraction of sp³-hybridized carbons (Fsp3) is 0.316. The van der Waals surface area contributed by atoms with Crippen molar-refractivity contribution in [2.45, 2.75) is 11.4 Å². The Morgan fingerprint density at radius 1 is 0.962 bits per heavy atom. The fourth-order valence-electron chi connectivity index (χ4n) is 2.83. The molecule has 0 aliphatic carbocycles. The molecule has 6 nitrogen and oxygen atoms in total. The smallest absolute Gasteiger partial charge is 0.251 e. The van der Waals surface area contributed by atoms with Crippen LogP contribution >= 0.6 is 0 Å². The highest BCUT2D eigenvalue weighted by Crippen LogP contribution is 2.18. The molecule has 1 N–H and O–H groups in total. The first-order chi connectivity index (χ1) is 12.5. The number of carbonyl (C=O) groups excluding carboxylic acids is 1. The van der Waals surface area contributed by atoms with E-state index in [1.54, 1.807) is 36.4 Å². The molecule has 0 unspecified atom stereocenters. The van der Waals surface area contributed by atoms with Gasteiger partial charge in [-0.3, -0.25) is 4.79 Å². The van der Waals surface area contributed by atoms with Gasteiger partial charge in [0.25, 0.3) is 5.91 Å². The predicted molar refractivity (Wildman–Crippen MR) is 100 cm³/mol. The largest absolute Gasteiger partial charge is 0.348 e. The molecule has 26 heavy (non-hydrogen) atoms. The van der Waals surface area contributed by atoms with E-state index in [1.165, 1.54) is 4.31 Å². The topological polar surface area (TPSA) is 69.7 Å². The molecule has 1 amide bonds. The summed E-state index contributed by atoms with van der Waals surface area (Å²) in [6.45, 7) is 2.84. The van der Waals surface area contributed by atoms with E-state index < -0.39 is 10.0 Å². The van der Waals surface area contributed by atoms with E-state index >= 15 is 0 Å². The van der Waals surface area contributed by atoms with Crippen molar-refractivity contribution in [3.8, 4) is 0 Å². The number of hydrogen-bond acceptors (Lipinski definition) is 4. The Hall–Kier alpha value is -2.22. The van der Waals surface area contributed by atoms with Crippen molar-refractivity contribution in [2.24, 2.45) is 0 Å². The molecular formula is C19H23N3O3S. The Bertz CT molecular complexity index is 843. The van der Waals surface area contributed by atoms with Crippen LogP contribution in [-0.2, 0) is 16.6 Å². The average molecular weight is 373 g/mol. The molecular weight excluding hydrogens is 350 g/mol. The van der Waals surface area contributed by atoms with Gasteiger partial charge in [-0.25, -0.2) is 8.42 Å². The van der Waals surface area contributed by atoms with Crippen LogP contribution in [0.2, 0.25) is 0 Å². The van der Waals surface area contributed by atoms with Gasteiger partial charge in [-0.15, -0.1) is 0 Å². The van der Waals surface area contributed by atoms with Gasteiger partial charge in [-0.1, -0.05) is 30.3 Å². The van der Waals surface area contributed by atoms with Crippen LogP contribution < -0.4 is 5.32 Å². The lowest BCUT2D eigenvalue weighted by Gasteiger charge is -2.31. The summed E-state index contributed by atoms with van der Waals surface area (Å²) >= 11 is 0. The highest BCUT2D eigenvalue weighted by atomic mass is 32.2. The molecule has 138 valence electrons. The minimum absolute atomic E-state index is 0.153. The number of carbonyl (C=O) groups is 1. The maximum Gasteiger partial charge on any atom is 0.251 e. The molecule has 1 aliphatic rings. The number of nitrogens with one attached hydrogen (secondary N) is 1. The quantitative estimate of drug-likeness (QED) is 0.863. The maximum atomic E-state index is 12.7. The van der Waals surface area contributed by atoms with Gasteiger partial charge >= 0.3 is 0 Å². The molecule has 0 radical (unpaired) electrons. The van der Waals surface area contributed by atoms with Gasteiger partial charge in [-0.05, 0) is 36.9 Å². The molecule has 1 heterocycles. The van der Waals surface area contributed by atoms with Gasteiger partial charge < -0.3 is 10.2 Å². The number of nitrogens with zero attached hydrogens (tertiary/aromatic N) is 2. The second kappa shape index (κ2) is 7.99. The van der Waals surface area contributed by atoms with Crippen LogP contribution in [0.15, 0.2) is 59.5 Å². The second-order valence-electron chi connectivity index (χ2n) is 6.40. The van der Waals surface area contributed by atoms with Crippen LogP contribution in [0.5, 0.6) is 0 Å². The van der Waals surface area contributed by atoms with Gasteiger partial charge in [0, 0.05) is 38.3 Å². The van der Waals surface area contributed by atoms with Gasteiger partial charge in [0.05, 0.1) is 4.90 Å². The third kappa shape index (κ3) is 4.30. The van der Waals surface area contributed by atoms with E-state index in [-0.39, 0.29) is 5.91 Å². The second-order valence-corrected chi connectivity index (χ2v) is 8.34. The molecule has 1 fully saturated rings. The van der Waals surface area contributed by atoms with E-state index in [0.29, 0.717) is 30.1 Å². The third-order valence-electron chi connectivity index (χ3n) is 4.51. The van der Waals surface area contributed by atoms with Crippen molar-refractivity contribution in [1.29, 1.82) is 0 Å². The predicted octanol–water partition coefficient (Wildman–Crippen LogP) is 1.55. The molecule has 1 aliphatic heterocycles. The van der Waals surface area contributed by atoms with Crippen LogP contribution in [0.25, 0.3) is 0 Å². The van der Waals surface area contributed by atoms with Crippen molar-refractivity contribution in [3.63, 3.8) is 0 Å². The van der Waals surface area contributed by atoms with Crippen molar-refractivity contribution in [1.82, 2.24) is 14.5 Å². The first-order valence-corrected chi connectivity index (χ1v) is 10.0. The van der Waals surface area contributed by atoms with Crippen LogP contribution in [0, 0.1) is 0 Å². The summed E-state index contributed by atoms with van der Waals surface area (Å²) in [5.74, 6) is -0.153. The summed E-state index contributed by atoms with van der Waals surface area (Å²) in [7, 11) is -1.47. The van der Waals surface area contributed by atoms with Gasteiger partial charge in [0.2, 0.25) is 10.0 Å². The Kier molecular flexibility index (Phi) is 5.70. The molecule has 2 aromatic carbocycles. The standard InChI is InChI=1S/C19H23N3O3S/c1-21-11-13-22(14-12-21)26(24,25)18-9-7-16(8-10-18)15-20-19(23)17-5-3-2-4-6-17/h2-10H,11-15H2,1H3,(H,20,23). The summed E-state index contributed by atoms with van der Waals surface area (Å²) in [6, 6.07) is 15.7. The van der Waals surface area contributed by atoms with Crippen molar-refractivity contribution < 1.29 is 13.2 Å². The molecule has 7 heteroatoms. The lowest BCUT2D eigenvalue weighted by atomic mass is 10.2. The minimum Gasteiger partial charge on any atom is -0.348 e. The van der Waals surface area contributed by atoms with Crippen LogP contribution in [0.1, 0.15) is 15.9 Å². The molecule has 0 spiro atoms. The highest BCUT2D eigenvalue weighted by Gasteiger charge is 2.27. The SMILES string of the molecule is CN1CCN(S(=O)(=O)c2ccc(CNC(=O)c3ccccc3)cc2)CC1. The van der Waals surface area contributed by atoms with Crippen LogP contribution in [0.4, 0.5) is 0 Å². The zero-order valence-electron chi connectivity index (χ0n) is 14.8. The molecule has 0 atom stereocenters. The minimum atomic E-state index is -3.46. The highest BCUT2D eigenvalue weighted by molar-refractivity contribution is 7.89. The lowest BCUT2D eigenvalue weighted by Crippen LogP contribution is -2.47.